The van der Waals surface area contributed by atoms with Crippen LogP contribution in [0, 0.1) is 17.2 Å². The summed E-state index contributed by atoms with van der Waals surface area (Å²) in [7, 11) is 0. The van der Waals surface area contributed by atoms with Crippen molar-refractivity contribution in [3.8, 4) is 11.8 Å². The van der Waals surface area contributed by atoms with Gasteiger partial charge < -0.3 is 9.64 Å². The Kier molecular flexibility index (Phi) is 13.2. The minimum Gasteiger partial charge on any atom is -0.492 e. The normalized spacial score (nSPS) is 21.8. The molecule has 0 bridgehead atoms. The maximum atomic E-state index is 13.8. The van der Waals surface area contributed by atoms with E-state index in [1.807, 2.05) is 43.3 Å². The molecular weight excluding hydrogens is 794 g/mol. The van der Waals surface area contributed by atoms with E-state index < -0.39 is 28.7 Å². The Bertz CT molecular complexity index is 2210. The molecular formula is C45H51F3N6O5S. The van der Waals surface area contributed by atoms with Gasteiger partial charge in [-0.05, 0) is 119 Å². The molecule has 3 aliphatic heterocycles. The molecule has 0 spiro atoms. The summed E-state index contributed by atoms with van der Waals surface area (Å²) >= 11 is 5.74. The molecule has 0 aliphatic carbocycles. The summed E-state index contributed by atoms with van der Waals surface area (Å²) < 4.78 is 47.9. The number of Topliss-reactive ketones (excluding diaryl/α,β-unsaturated/α-hetero) is 1. The van der Waals surface area contributed by atoms with Crippen LogP contribution in [0.25, 0.3) is 0 Å². The largest absolute Gasteiger partial charge is 0.492 e. The number of carbonyl (C=O) groups is 4. The zero-order valence-electron chi connectivity index (χ0n) is 34.8. The molecule has 6 rings (SSSR count). The van der Waals surface area contributed by atoms with Crippen molar-refractivity contribution in [2.75, 3.05) is 36.0 Å². The summed E-state index contributed by atoms with van der Waals surface area (Å²) in [6.07, 6.45) is -2.51. The van der Waals surface area contributed by atoms with E-state index in [4.69, 9.17) is 17.0 Å². The third-order valence-corrected chi connectivity index (χ3v) is 12.2. The number of nitriles is 1. The van der Waals surface area contributed by atoms with E-state index in [1.165, 1.54) is 6.07 Å². The van der Waals surface area contributed by atoms with Crippen LogP contribution in [0.15, 0.2) is 60.7 Å². The minimum atomic E-state index is -4.80. The highest BCUT2D eigenvalue weighted by Crippen LogP contribution is 2.41. The smallest absolute Gasteiger partial charge is 0.417 e. The summed E-state index contributed by atoms with van der Waals surface area (Å²) in [6, 6.07) is 18.3. The Morgan fingerprint density at radius 1 is 1.02 bits per heavy atom. The number of hydrogen-bond donors (Lipinski definition) is 1. The van der Waals surface area contributed by atoms with E-state index in [0.717, 1.165) is 46.8 Å². The van der Waals surface area contributed by atoms with Crippen molar-refractivity contribution >= 4 is 52.2 Å². The summed E-state index contributed by atoms with van der Waals surface area (Å²) in [5.74, 6) is -0.436. The first-order valence-corrected chi connectivity index (χ1v) is 20.7. The second-order valence-electron chi connectivity index (χ2n) is 16.7. The number of nitrogens with zero attached hydrogens (tertiary/aromatic N) is 5. The number of benzene rings is 3. The Balaban J connectivity index is 1.05. The number of imide groups is 1. The molecule has 3 amide bonds. The van der Waals surface area contributed by atoms with Gasteiger partial charge in [0, 0.05) is 55.7 Å². The van der Waals surface area contributed by atoms with Crippen LogP contribution in [0.3, 0.4) is 0 Å². The molecule has 4 atom stereocenters. The van der Waals surface area contributed by atoms with Crippen LogP contribution >= 0.6 is 12.2 Å². The maximum Gasteiger partial charge on any atom is 0.417 e. The van der Waals surface area contributed by atoms with Crippen LogP contribution in [0.5, 0.6) is 5.75 Å². The van der Waals surface area contributed by atoms with Crippen molar-refractivity contribution < 1.29 is 37.1 Å². The topological polar surface area (TPSA) is 126 Å². The Labute approximate surface area is 354 Å². The number of ketones is 1. The molecule has 1 N–H and O–H groups in total. The molecule has 3 aliphatic rings. The molecule has 0 saturated carbocycles. The van der Waals surface area contributed by atoms with Gasteiger partial charge in [0.25, 0.3) is 5.91 Å². The zero-order valence-corrected chi connectivity index (χ0v) is 35.6. The first-order chi connectivity index (χ1) is 28.3. The fraction of sp³-hybridized carbons (Fsp3) is 0.467. The monoisotopic (exact) mass is 844 g/mol. The number of alkyl halides is 3. The molecule has 1 unspecified atom stereocenters. The predicted octanol–water partition coefficient (Wildman–Crippen LogP) is 6.63. The van der Waals surface area contributed by atoms with E-state index >= 15 is 0 Å². The zero-order chi connectivity index (χ0) is 43.7. The van der Waals surface area contributed by atoms with Gasteiger partial charge in [0.2, 0.25) is 11.8 Å². The number of piperidine rings is 1. The average Bonchev–Trinajstić information content (AvgIpc) is 3.37. The summed E-state index contributed by atoms with van der Waals surface area (Å²) in [5.41, 5.74) is 0.359. The number of thiocarbonyl (C=S) groups is 1. The van der Waals surface area contributed by atoms with Gasteiger partial charge in [-0.2, -0.15) is 18.4 Å². The van der Waals surface area contributed by atoms with Gasteiger partial charge in [0.15, 0.2) is 10.9 Å². The van der Waals surface area contributed by atoms with Crippen molar-refractivity contribution in [3.63, 3.8) is 0 Å². The van der Waals surface area contributed by atoms with E-state index in [9.17, 15) is 37.6 Å². The number of piperazine rings is 1. The molecule has 3 fully saturated rings. The molecule has 15 heteroatoms. The Morgan fingerprint density at radius 2 is 1.70 bits per heavy atom. The highest BCUT2D eigenvalue weighted by atomic mass is 32.1. The number of halogens is 3. The molecule has 3 saturated heterocycles. The Morgan fingerprint density at radius 3 is 2.35 bits per heavy atom. The van der Waals surface area contributed by atoms with Crippen LogP contribution < -0.4 is 19.9 Å². The highest BCUT2D eigenvalue weighted by molar-refractivity contribution is 7.81. The second kappa shape index (κ2) is 17.8. The number of nitrogens with one attached hydrogen (secondary N) is 1. The second-order valence-corrected chi connectivity index (χ2v) is 17.0. The van der Waals surface area contributed by atoms with Gasteiger partial charge in [-0.1, -0.05) is 31.2 Å². The third-order valence-electron chi connectivity index (χ3n) is 11.9. The molecule has 3 heterocycles. The average molecular weight is 845 g/mol. The van der Waals surface area contributed by atoms with Crippen LogP contribution in [0.2, 0.25) is 0 Å². The molecule has 0 radical (unpaired) electrons. The van der Waals surface area contributed by atoms with Crippen molar-refractivity contribution in [1.82, 2.24) is 15.1 Å². The fourth-order valence-corrected chi connectivity index (χ4v) is 9.06. The van der Waals surface area contributed by atoms with Gasteiger partial charge in [-0.3, -0.25) is 39.2 Å². The number of hydrogen-bond acceptors (Lipinski definition) is 9. The van der Waals surface area contributed by atoms with Gasteiger partial charge in [-0.25, -0.2) is 0 Å². The van der Waals surface area contributed by atoms with Gasteiger partial charge in [-0.15, -0.1) is 0 Å². The number of aryl methyl sites for hydroxylation is 1. The molecule has 3 aromatic rings. The van der Waals surface area contributed by atoms with E-state index in [0.29, 0.717) is 56.7 Å². The van der Waals surface area contributed by atoms with Crippen molar-refractivity contribution in [3.05, 3.63) is 88.5 Å². The maximum absolute atomic E-state index is 13.8. The van der Waals surface area contributed by atoms with Crippen LogP contribution in [0.1, 0.15) is 82.2 Å². The van der Waals surface area contributed by atoms with Crippen LogP contribution in [-0.2, 0) is 44.6 Å². The summed E-state index contributed by atoms with van der Waals surface area (Å²) in [5, 5.41) is 11.7. The molecule has 318 valence electrons. The van der Waals surface area contributed by atoms with Crippen LogP contribution in [-0.4, -0.2) is 88.3 Å². The first-order valence-electron chi connectivity index (χ1n) is 20.3. The summed E-state index contributed by atoms with van der Waals surface area (Å²) in [4.78, 5) is 58.3. The summed E-state index contributed by atoms with van der Waals surface area (Å²) in [6.45, 7) is 13.9. The quantitative estimate of drug-likeness (QED) is 0.148. The molecule has 0 aromatic heterocycles. The minimum absolute atomic E-state index is 0.0208. The fourth-order valence-electron chi connectivity index (χ4n) is 8.54. The first kappa shape index (κ1) is 44.4. The van der Waals surface area contributed by atoms with Gasteiger partial charge >= 0.3 is 6.18 Å². The molecule has 60 heavy (non-hydrogen) atoms. The van der Waals surface area contributed by atoms with Gasteiger partial charge in [0.05, 0.1) is 29.4 Å². The number of anilines is 2. The Hall–Kier alpha value is -5.17. The lowest BCUT2D eigenvalue weighted by Crippen LogP contribution is -2.60. The third kappa shape index (κ3) is 9.41. The SMILES string of the molecule is CCc1cc(N2C(=S)N(c3ccc(C#N)c(C(F)(F)F)c3)C(=O)C2(C)C)ccc1OC[C@@H](C)N1C[C@@H](C)N(CC(=O)Cc2cccc(CC3CCC(=O)NC3=O)c2)[C@@H](C)C1. The van der Waals surface area contributed by atoms with Crippen molar-refractivity contribution in [2.24, 2.45) is 5.92 Å². The molecule has 11 nitrogen and oxygen atoms in total. The number of carbonyl (C=O) groups excluding carboxylic acids is 4. The van der Waals surface area contributed by atoms with E-state index in [1.54, 1.807) is 30.9 Å². The number of rotatable bonds is 13. The lowest BCUT2D eigenvalue weighted by molar-refractivity contribution is -0.138. The molecule has 3 aromatic carbocycles. The standard InChI is InChI=1S/C45H51F3N6O5S/c1-7-32-20-36(54-43(60)53(42(58)44(54,5)6)35-13-11-34(22-49)38(21-35)45(46,47)48)14-15-39(32)59-26-29(4)51-23-27(2)52(28(3)24-51)25-37(55)19-31-10-8-9-30(17-31)18-33-12-16-40(56)50-41(33)57/h8-11,13-15,17,20-21,27-29,33H,7,12,16,18-19,23-26H2,1-6H3,(H,50,56,57)/t27-,28+,29-,33?/m1/s1. The lowest BCUT2D eigenvalue weighted by Gasteiger charge is -2.46. The van der Waals surface area contributed by atoms with Gasteiger partial charge in [0.1, 0.15) is 17.9 Å². The number of ether oxygens (including phenoxy) is 1. The number of amides is 3. The van der Waals surface area contributed by atoms with E-state index in [2.05, 4.69) is 35.9 Å². The van der Waals surface area contributed by atoms with Crippen molar-refractivity contribution in [2.45, 2.75) is 103 Å². The lowest BCUT2D eigenvalue weighted by atomic mass is 9.90. The highest BCUT2D eigenvalue weighted by Gasteiger charge is 2.51. The van der Waals surface area contributed by atoms with E-state index in [-0.39, 0.29) is 52.4 Å². The van der Waals surface area contributed by atoms with Crippen LogP contribution in [0.4, 0.5) is 24.5 Å². The predicted molar refractivity (Wildman–Crippen MR) is 226 cm³/mol. The van der Waals surface area contributed by atoms with Crippen molar-refractivity contribution in [1.29, 1.82) is 5.26 Å².